The Labute approximate surface area is 84.4 Å². The summed E-state index contributed by atoms with van der Waals surface area (Å²) in [5.41, 5.74) is 2.70. The highest BCUT2D eigenvalue weighted by atomic mass is 16.1. The third-order valence-electron chi connectivity index (χ3n) is 2.04. The molecule has 0 saturated carbocycles. The van der Waals surface area contributed by atoms with Gasteiger partial charge in [-0.3, -0.25) is 4.79 Å². The molecular weight excluding hydrogens is 176 g/mol. The van der Waals surface area contributed by atoms with E-state index in [0.717, 1.165) is 16.8 Å². The fourth-order valence-electron chi connectivity index (χ4n) is 1.34. The van der Waals surface area contributed by atoms with Crippen LogP contribution in [0.2, 0.25) is 0 Å². The third kappa shape index (κ3) is 2.25. The van der Waals surface area contributed by atoms with Gasteiger partial charge in [0.2, 0.25) is 0 Å². The van der Waals surface area contributed by atoms with Crippen molar-refractivity contribution < 1.29 is 4.79 Å². The molecule has 1 N–H and O–H groups in total. The predicted octanol–water partition coefficient (Wildman–Crippen LogP) is 1.89. The van der Waals surface area contributed by atoms with Crippen molar-refractivity contribution in [1.29, 1.82) is 0 Å². The van der Waals surface area contributed by atoms with Crippen molar-refractivity contribution in [3.63, 3.8) is 0 Å². The summed E-state index contributed by atoms with van der Waals surface area (Å²) in [5, 5.41) is 0. The summed E-state index contributed by atoms with van der Waals surface area (Å²) >= 11 is 0. The van der Waals surface area contributed by atoms with Gasteiger partial charge in [0, 0.05) is 43.8 Å². The standard InChI is InChI=1S/C11H16N2O/c1-8-7-12-9(2)11(8)10(14)5-6-13(3)4/h5-7,12H,1-4H3. The van der Waals surface area contributed by atoms with Crippen LogP contribution in [0.3, 0.4) is 0 Å². The maximum absolute atomic E-state index is 11.7. The van der Waals surface area contributed by atoms with Crippen molar-refractivity contribution in [1.82, 2.24) is 9.88 Å². The lowest BCUT2D eigenvalue weighted by Crippen LogP contribution is -2.04. The van der Waals surface area contributed by atoms with Gasteiger partial charge in [-0.25, -0.2) is 0 Å². The summed E-state index contributed by atoms with van der Waals surface area (Å²) in [7, 11) is 3.78. The Bertz CT molecular complexity index is 342. The smallest absolute Gasteiger partial charge is 0.189 e. The van der Waals surface area contributed by atoms with Gasteiger partial charge in [-0.1, -0.05) is 0 Å². The van der Waals surface area contributed by atoms with Crippen molar-refractivity contribution in [3.05, 3.63) is 35.3 Å². The number of allylic oxidation sites excluding steroid dienone is 1. The highest BCUT2D eigenvalue weighted by Crippen LogP contribution is 2.13. The fourth-order valence-corrected chi connectivity index (χ4v) is 1.34. The number of rotatable bonds is 3. The van der Waals surface area contributed by atoms with E-state index in [9.17, 15) is 4.79 Å². The van der Waals surface area contributed by atoms with Crippen LogP contribution in [0, 0.1) is 13.8 Å². The summed E-state index contributed by atoms with van der Waals surface area (Å²) in [5.74, 6) is 0.0509. The van der Waals surface area contributed by atoms with Gasteiger partial charge in [-0.15, -0.1) is 0 Å². The number of ketones is 1. The van der Waals surface area contributed by atoms with E-state index >= 15 is 0 Å². The Kier molecular flexibility index (Phi) is 3.12. The van der Waals surface area contributed by atoms with Crippen molar-refractivity contribution >= 4 is 5.78 Å². The third-order valence-corrected chi connectivity index (χ3v) is 2.04. The van der Waals surface area contributed by atoms with Crippen LogP contribution in [-0.4, -0.2) is 29.8 Å². The molecule has 1 aromatic rings. The van der Waals surface area contributed by atoms with Crippen LogP contribution in [0.5, 0.6) is 0 Å². The van der Waals surface area contributed by atoms with Crippen LogP contribution >= 0.6 is 0 Å². The van der Waals surface area contributed by atoms with Gasteiger partial charge in [0.05, 0.1) is 0 Å². The highest BCUT2D eigenvalue weighted by molar-refractivity contribution is 6.06. The van der Waals surface area contributed by atoms with E-state index in [-0.39, 0.29) is 5.78 Å². The normalized spacial score (nSPS) is 10.9. The number of nitrogens with one attached hydrogen (secondary N) is 1. The molecule has 1 heterocycles. The number of nitrogens with zero attached hydrogens (tertiary/aromatic N) is 1. The maximum atomic E-state index is 11.7. The SMILES string of the molecule is Cc1c[nH]c(C)c1C(=O)C=CN(C)C. The van der Waals surface area contributed by atoms with Crippen molar-refractivity contribution in [3.8, 4) is 0 Å². The van der Waals surface area contributed by atoms with Crippen LogP contribution in [0.4, 0.5) is 0 Å². The predicted molar refractivity (Wildman–Crippen MR) is 57.4 cm³/mol. The molecule has 0 spiro atoms. The molecule has 3 heteroatoms. The number of hydrogen-bond donors (Lipinski definition) is 1. The van der Waals surface area contributed by atoms with Gasteiger partial charge in [0.15, 0.2) is 5.78 Å². The molecule has 0 aromatic carbocycles. The van der Waals surface area contributed by atoms with Gasteiger partial charge in [-0.2, -0.15) is 0 Å². The van der Waals surface area contributed by atoms with E-state index in [1.165, 1.54) is 0 Å². The van der Waals surface area contributed by atoms with Gasteiger partial charge in [0.25, 0.3) is 0 Å². The molecule has 0 amide bonds. The molecule has 1 aromatic heterocycles. The molecule has 0 bridgehead atoms. The molecule has 14 heavy (non-hydrogen) atoms. The molecular formula is C11H16N2O. The van der Waals surface area contributed by atoms with E-state index in [1.54, 1.807) is 12.3 Å². The van der Waals surface area contributed by atoms with Crippen molar-refractivity contribution in [2.24, 2.45) is 0 Å². The molecule has 1 rings (SSSR count). The summed E-state index contributed by atoms with van der Waals surface area (Å²) in [4.78, 5) is 16.6. The molecule has 0 radical (unpaired) electrons. The number of carbonyl (C=O) groups excluding carboxylic acids is 1. The van der Waals surface area contributed by atoms with Gasteiger partial charge >= 0.3 is 0 Å². The zero-order valence-electron chi connectivity index (χ0n) is 9.09. The first-order chi connectivity index (χ1) is 6.52. The summed E-state index contributed by atoms with van der Waals surface area (Å²) < 4.78 is 0. The highest BCUT2D eigenvalue weighted by Gasteiger charge is 2.10. The van der Waals surface area contributed by atoms with E-state index in [4.69, 9.17) is 0 Å². The molecule has 0 atom stereocenters. The summed E-state index contributed by atoms with van der Waals surface area (Å²) in [6, 6.07) is 0. The first-order valence-corrected chi connectivity index (χ1v) is 4.56. The van der Waals surface area contributed by atoms with E-state index in [1.807, 2.05) is 39.0 Å². The first-order valence-electron chi connectivity index (χ1n) is 4.56. The second-order valence-corrected chi connectivity index (χ2v) is 3.62. The Morgan fingerprint density at radius 3 is 2.50 bits per heavy atom. The molecule has 0 unspecified atom stereocenters. The Morgan fingerprint density at radius 2 is 2.07 bits per heavy atom. The van der Waals surface area contributed by atoms with Crippen molar-refractivity contribution in [2.45, 2.75) is 13.8 Å². The number of hydrogen-bond acceptors (Lipinski definition) is 2. The molecule has 0 saturated heterocycles. The first kappa shape index (κ1) is 10.6. The second-order valence-electron chi connectivity index (χ2n) is 3.62. The molecule has 76 valence electrons. The van der Waals surface area contributed by atoms with E-state index in [0.29, 0.717) is 0 Å². The van der Waals surface area contributed by atoms with Gasteiger partial charge < -0.3 is 9.88 Å². The average Bonchev–Trinajstić information content (AvgIpc) is 2.42. The van der Waals surface area contributed by atoms with Crippen LogP contribution in [0.15, 0.2) is 18.5 Å². The molecule has 0 aliphatic carbocycles. The van der Waals surface area contributed by atoms with Crippen LogP contribution in [0.1, 0.15) is 21.6 Å². The van der Waals surface area contributed by atoms with Crippen LogP contribution < -0.4 is 0 Å². The Morgan fingerprint density at radius 1 is 1.43 bits per heavy atom. The fraction of sp³-hybridized carbons (Fsp3) is 0.364. The lowest BCUT2D eigenvalue weighted by molar-refractivity contribution is 0.104. The number of aromatic amines is 1. The Hall–Kier alpha value is -1.51. The summed E-state index contributed by atoms with van der Waals surface area (Å²) in [6.07, 6.45) is 5.20. The lowest BCUT2D eigenvalue weighted by Gasteiger charge is -2.03. The largest absolute Gasteiger partial charge is 0.383 e. The minimum absolute atomic E-state index is 0.0509. The molecule has 0 aliphatic rings. The lowest BCUT2D eigenvalue weighted by atomic mass is 10.1. The van der Waals surface area contributed by atoms with Crippen LogP contribution in [-0.2, 0) is 0 Å². The maximum Gasteiger partial charge on any atom is 0.189 e. The monoisotopic (exact) mass is 192 g/mol. The molecule has 0 fully saturated rings. The molecule has 0 aliphatic heterocycles. The minimum Gasteiger partial charge on any atom is -0.383 e. The topological polar surface area (TPSA) is 36.1 Å². The van der Waals surface area contributed by atoms with E-state index in [2.05, 4.69) is 4.98 Å². The number of aromatic nitrogens is 1. The van der Waals surface area contributed by atoms with Gasteiger partial charge in [0.1, 0.15) is 0 Å². The minimum atomic E-state index is 0.0509. The number of carbonyl (C=O) groups is 1. The average molecular weight is 192 g/mol. The van der Waals surface area contributed by atoms with E-state index < -0.39 is 0 Å². The second kappa shape index (κ2) is 4.13. The van der Waals surface area contributed by atoms with Crippen molar-refractivity contribution in [2.75, 3.05) is 14.1 Å². The quantitative estimate of drug-likeness (QED) is 0.586. The van der Waals surface area contributed by atoms with Gasteiger partial charge in [-0.05, 0) is 19.4 Å². The molecule has 3 nitrogen and oxygen atoms in total. The number of aryl methyl sites for hydroxylation is 2. The van der Waals surface area contributed by atoms with Crippen LogP contribution in [0.25, 0.3) is 0 Å². The zero-order valence-corrected chi connectivity index (χ0v) is 9.09. The summed E-state index contributed by atoms with van der Waals surface area (Å²) in [6.45, 7) is 3.84. The zero-order chi connectivity index (χ0) is 10.7. The number of H-pyrrole nitrogens is 1. The Balaban J connectivity index is 2.90.